The molecule has 3 aromatic rings. The molecule has 21 heavy (non-hydrogen) atoms. The average Bonchev–Trinajstić information content (AvgIpc) is 3.11. The first kappa shape index (κ1) is 12.9. The normalized spacial score (nSPS) is 10.3. The molecule has 106 valence electrons. The lowest BCUT2D eigenvalue weighted by atomic mass is 10.2. The topological polar surface area (TPSA) is 106 Å². The first-order valence-electron chi connectivity index (χ1n) is 6.08. The van der Waals surface area contributed by atoms with Crippen LogP contribution in [0.1, 0.15) is 5.76 Å². The Labute approximate surface area is 119 Å². The van der Waals surface area contributed by atoms with Gasteiger partial charge in [-0.25, -0.2) is 4.79 Å². The van der Waals surface area contributed by atoms with Crippen molar-refractivity contribution in [3.8, 4) is 11.5 Å². The van der Waals surface area contributed by atoms with Crippen LogP contribution in [0.3, 0.4) is 0 Å². The Morgan fingerprint density at radius 2 is 2.14 bits per heavy atom. The molecule has 0 bridgehead atoms. The molecular weight excluding hydrogens is 274 g/mol. The third kappa shape index (κ3) is 3.06. The van der Waals surface area contributed by atoms with Gasteiger partial charge in [-0.15, -0.1) is 10.2 Å². The van der Waals surface area contributed by atoms with Crippen LogP contribution < -0.4 is 10.6 Å². The van der Waals surface area contributed by atoms with Crippen molar-refractivity contribution in [2.24, 2.45) is 0 Å². The molecule has 0 fully saturated rings. The van der Waals surface area contributed by atoms with E-state index in [-0.39, 0.29) is 0 Å². The molecule has 2 N–H and O–H groups in total. The number of nitrogens with one attached hydrogen (secondary N) is 2. The third-order valence-corrected chi connectivity index (χ3v) is 2.60. The van der Waals surface area contributed by atoms with Crippen LogP contribution in [0.25, 0.3) is 11.5 Å². The van der Waals surface area contributed by atoms with Crippen LogP contribution in [0.15, 0.2) is 45.7 Å². The molecule has 0 spiro atoms. The van der Waals surface area contributed by atoms with E-state index in [2.05, 4.69) is 26.0 Å². The molecule has 2 aromatic heterocycles. The Morgan fingerprint density at radius 1 is 1.24 bits per heavy atom. The van der Waals surface area contributed by atoms with E-state index in [4.69, 9.17) is 8.94 Å². The Bertz CT molecular complexity index is 751. The summed E-state index contributed by atoms with van der Waals surface area (Å²) in [5.74, 6) is 1.34. The van der Waals surface area contributed by atoms with Crippen molar-refractivity contribution < 1.29 is 13.7 Å². The van der Waals surface area contributed by atoms with Crippen LogP contribution in [-0.2, 0) is 0 Å². The van der Waals surface area contributed by atoms with Crippen molar-refractivity contribution in [2.75, 3.05) is 10.6 Å². The molecule has 0 radical (unpaired) electrons. The van der Waals surface area contributed by atoms with Gasteiger partial charge in [0.25, 0.3) is 0 Å². The van der Waals surface area contributed by atoms with Crippen LogP contribution in [0.2, 0.25) is 0 Å². The van der Waals surface area contributed by atoms with Crippen LogP contribution in [-0.4, -0.2) is 21.4 Å². The van der Waals surface area contributed by atoms with E-state index in [9.17, 15) is 4.79 Å². The van der Waals surface area contributed by atoms with Crippen molar-refractivity contribution in [1.82, 2.24) is 15.4 Å². The van der Waals surface area contributed by atoms with Crippen LogP contribution in [0, 0.1) is 6.92 Å². The summed E-state index contributed by atoms with van der Waals surface area (Å²) in [6, 6.07) is 8.24. The highest BCUT2D eigenvalue weighted by Gasteiger charge is 2.08. The summed E-state index contributed by atoms with van der Waals surface area (Å²) in [5, 5.41) is 16.3. The van der Waals surface area contributed by atoms with E-state index < -0.39 is 6.03 Å². The summed E-state index contributed by atoms with van der Waals surface area (Å²) in [5.41, 5.74) is 1.30. The number of aromatic nitrogens is 3. The Balaban J connectivity index is 1.70. The number of benzene rings is 1. The lowest BCUT2D eigenvalue weighted by Crippen LogP contribution is -2.19. The summed E-state index contributed by atoms with van der Waals surface area (Å²) in [4.78, 5) is 11.8. The minimum absolute atomic E-state index is 0.345. The third-order valence-electron chi connectivity index (χ3n) is 2.60. The second kappa shape index (κ2) is 5.45. The van der Waals surface area contributed by atoms with Gasteiger partial charge in [0, 0.05) is 17.3 Å². The van der Waals surface area contributed by atoms with E-state index in [1.807, 2.05) is 0 Å². The van der Waals surface area contributed by atoms with Crippen molar-refractivity contribution in [2.45, 2.75) is 6.92 Å². The summed E-state index contributed by atoms with van der Waals surface area (Å²) in [6.45, 7) is 1.74. The molecule has 8 nitrogen and oxygen atoms in total. The molecule has 0 unspecified atom stereocenters. The number of aryl methyl sites for hydroxylation is 1. The van der Waals surface area contributed by atoms with Crippen LogP contribution in [0.4, 0.5) is 16.3 Å². The maximum atomic E-state index is 11.8. The quantitative estimate of drug-likeness (QED) is 0.766. The first-order chi connectivity index (χ1) is 10.2. The lowest BCUT2D eigenvalue weighted by molar-refractivity contribution is 0.262. The maximum absolute atomic E-state index is 11.8. The highest BCUT2D eigenvalue weighted by Crippen LogP contribution is 2.20. The average molecular weight is 285 g/mol. The van der Waals surface area contributed by atoms with E-state index in [1.165, 1.54) is 6.39 Å². The molecule has 0 saturated carbocycles. The van der Waals surface area contributed by atoms with Gasteiger partial charge in [0.1, 0.15) is 5.76 Å². The molecule has 0 aliphatic carbocycles. The summed E-state index contributed by atoms with van der Waals surface area (Å²) < 4.78 is 9.97. The predicted octanol–water partition coefficient (Wildman–Crippen LogP) is 2.68. The largest absolute Gasteiger partial charge is 0.423 e. The molecule has 0 aliphatic rings. The number of hydrogen-bond acceptors (Lipinski definition) is 6. The molecule has 2 amide bonds. The van der Waals surface area contributed by atoms with Crippen molar-refractivity contribution >= 4 is 17.5 Å². The fraction of sp³-hybridized carbons (Fsp3) is 0.0769. The Morgan fingerprint density at radius 3 is 2.86 bits per heavy atom. The van der Waals surface area contributed by atoms with Gasteiger partial charge >= 0.3 is 6.03 Å². The number of carbonyl (C=O) groups is 1. The second-order valence-corrected chi connectivity index (χ2v) is 4.23. The van der Waals surface area contributed by atoms with Gasteiger partial charge in [0.2, 0.25) is 12.3 Å². The fourth-order valence-corrected chi connectivity index (χ4v) is 1.73. The number of nitrogens with zero attached hydrogens (tertiary/aromatic N) is 3. The summed E-state index contributed by atoms with van der Waals surface area (Å²) in [6.07, 6.45) is 1.25. The Hall–Kier alpha value is -3.16. The van der Waals surface area contributed by atoms with Gasteiger partial charge in [-0.2, -0.15) is 0 Å². The predicted molar refractivity (Wildman–Crippen MR) is 73.6 cm³/mol. The first-order valence-corrected chi connectivity index (χ1v) is 6.08. The molecule has 0 atom stereocenters. The number of hydrogen-bond donors (Lipinski definition) is 2. The van der Waals surface area contributed by atoms with Gasteiger partial charge in [-0.3, -0.25) is 5.32 Å². The number of amides is 2. The molecular formula is C13H11N5O3. The Kier molecular flexibility index (Phi) is 3.34. The molecule has 0 saturated heterocycles. The van der Waals surface area contributed by atoms with Crippen molar-refractivity contribution in [3.05, 3.63) is 42.5 Å². The zero-order chi connectivity index (χ0) is 14.7. The van der Waals surface area contributed by atoms with Crippen molar-refractivity contribution in [1.29, 1.82) is 0 Å². The standard InChI is InChI=1S/C13H11N5O3/c1-8-5-11(18-21-8)16-13(19)15-10-4-2-3-9(6-10)12-17-14-7-20-12/h2-7H,1H3,(H2,15,16,18,19). The number of rotatable bonds is 3. The molecule has 0 aliphatic heterocycles. The van der Waals surface area contributed by atoms with Gasteiger partial charge in [-0.1, -0.05) is 11.2 Å². The minimum Gasteiger partial charge on any atom is -0.423 e. The number of anilines is 2. The van der Waals surface area contributed by atoms with Crippen LogP contribution >= 0.6 is 0 Å². The highest BCUT2D eigenvalue weighted by molar-refractivity contribution is 5.99. The number of urea groups is 1. The molecule has 1 aromatic carbocycles. The van der Waals surface area contributed by atoms with Crippen molar-refractivity contribution in [3.63, 3.8) is 0 Å². The van der Waals surface area contributed by atoms with Gasteiger partial charge in [0.15, 0.2) is 5.82 Å². The van der Waals surface area contributed by atoms with Gasteiger partial charge in [0.05, 0.1) is 0 Å². The molecule has 2 heterocycles. The minimum atomic E-state index is -0.425. The monoisotopic (exact) mass is 285 g/mol. The SMILES string of the molecule is Cc1cc(NC(=O)Nc2cccc(-c3nnco3)c2)no1. The summed E-state index contributed by atoms with van der Waals surface area (Å²) >= 11 is 0. The van der Waals surface area contributed by atoms with Gasteiger partial charge in [-0.05, 0) is 25.1 Å². The molecule has 3 rings (SSSR count). The van der Waals surface area contributed by atoms with E-state index >= 15 is 0 Å². The fourth-order valence-electron chi connectivity index (χ4n) is 1.73. The lowest BCUT2D eigenvalue weighted by Gasteiger charge is -2.05. The van der Waals surface area contributed by atoms with Gasteiger partial charge < -0.3 is 14.3 Å². The zero-order valence-corrected chi connectivity index (χ0v) is 11.0. The highest BCUT2D eigenvalue weighted by atomic mass is 16.5. The van der Waals surface area contributed by atoms with Crippen LogP contribution in [0.5, 0.6) is 0 Å². The van der Waals surface area contributed by atoms with E-state index in [1.54, 1.807) is 37.3 Å². The number of carbonyl (C=O) groups excluding carboxylic acids is 1. The second-order valence-electron chi connectivity index (χ2n) is 4.23. The summed E-state index contributed by atoms with van der Waals surface area (Å²) in [7, 11) is 0. The maximum Gasteiger partial charge on any atom is 0.324 e. The van der Waals surface area contributed by atoms with E-state index in [0.29, 0.717) is 28.7 Å². The zero-order valence-electron chi connectivity index (χ0n) is 11.0. The smallest absolute Gasteiger partial charge is 0.324 e. The van der Waals surface area contributed by atoms with E-state index in [0.717, 1.165) is 0 Å². The molecule has 8 heteroatoms.